The van der Waals surface area contributed by atoms with E-state index in [0.29, 0.717) is 5.89 Å². The molecule has 54 heavy (non-hydrogen) atoms. The van der Waals surface area contributed by atoms with E-state index in [1.165, 1.54) is 66.6 Å². The molecule has 0 bridgehead atoms. The minimum Gasteiger partial charge on any atom is -0.490 e. The van der Waals surface area contributed by atoms with Crippen molar-refractivity contribution in [2.45, 2.75) is 18.9 Å². The van der Waals surface area contributed by atoms with Crippen LogP contribution < -0.4 is 9.30 Å². The van der Waals surface area contributed by atoms with Crippen molar-refractivity contribution in [1.29, 1.82) is 0 Å². The van der Waals surface area contributed by atoms with Gasteiger partial charge in [0.2, 0.25) is 5.89 Å². The van der Waals surface area contributed by atoms with Crippen molar-refractivity contribution >= 4 is 22.0 Å². The number of oxazole rings is 1. The Bertz CT molecular complexity index is 2920. The highest BCUT2D eigenvalue weighted by atomic mass is 16.5. The zero-order chi connectivity index (χ0) is 36.0. The molecule has 2 heterocycles. The summed E-state index contributed by atoms with van der Waals surface area (Å²) in [4.78, 5) is 4.74. The van der Waals surface area contributed by atoms with Crippen LogP contribution in [0.3, 0.4) is 0 Å². The van der Waals surface area contributed by atoms with Crippen molar-refractivity contribution in [3.63, 3.8) is 0 Å². The van der Waals surface area contributed by atoms with E-state index in [1.54, 1.807) is 7.11 Å². The largest absolute Gasteiger partial charge is 0.490 e. The summed E-state index contributed by atoms with van der Waals surface area (Å²) >= 11 is 0. The first-order chi connectivity index (χ1) is 26.7. The zero-order valence-corrected chi connectivity index (χ0v) is 30.0. The first-order valence-electron chi connectivity index (χ1n) is 18.6. The van der Waals surface area contributed by atoms with Crippen LogP contribution >= 0.6 is 0 Å². The summed E-state index contributed by atoms with van der Waals surface area (Å²) in [5.41, 5.74) is 18.4. The second kappa shape index (κ2) is 11.6. The van der Waals surface area contributed by atoms with Gasteiger partial charge in [0.15, 0.2) is 17.5 Å². The molecule has 0 amide bonds. The predicted molar refractivity (Wildman–Crippen MR) is 217 cm³/mol. The van der Waals surface area contributed by atoms with Gasteiger partial charge in [-0.05, 0) is 128 Å². The van der Waals surface area contributed by atoms with Crippen molar-refractivity contribution in [3.05, 3.63) is 186 Å². The maximum Gasteiger partial charge on any atom is 0.255 e. The maximum absolute atomic E-state index is 6.10. The quantitative estimate of drug-likeness (QED) is 0.168. The van der Waals surface area contributed by atoms with Gasteiger partial charge < -0.3 is 9.15 Å². The molecule has 7 aromatic carbocycles. The molecule has 1 spiro atoms. The van der Waals surface area contributed by atoms with Gasteiger partial charge in [-0.2, -0.15) is 4.57 Å². The average Bonchev–Trinajstić information content (AvgIpc) is 3.90. The van der Waals surface area contributed by atoms with Crippen molar-refractivity contribution in [3.8, 4) is 61.7 Å². The van der Waals surface area contributed by atoms with Crippen LogP contribution in [0, 0.1) is 0 Å². The summed E-state index contributed by atoms with van der Waals surface area (Å²) in [6.07, 6.45) is 2.14. The molecule has 1 atom stereocenters. The molecular weight excluding hydrogens is 661 g/mol. The molecule has 0 aliphatic heterocycles. The molecule has 1 unspecified atom stereocenters. The van der Waals surface area contributed by atoms with Gasteiger partial charge in [-0.1, -0.05) is 97.1 Å². The third kappa shape index (κ3) is 4.19. The third-order valence-electron chi connectivity index (χ3n) is 11.7. The molecule has 0 saturated carbocycles. The van der Waals surface area contributed by atoms with E-state index in [4.69, 9.17) is 14.1 Å². The molecule has 256 valence electrons. The number of hydrogen-bond acceptors (Lipinski definition) is 3. The van der Waals surface area contributed by atoms with E-state index >= 15 is 0 Å². The first kappa shape index (κ1) is 30.8. The van der Waals surface area contributed by atoms with Gasteiger partial charge in [-0.3, -0.25) is 0 Å². The molecule has 2 aliphatic carbocycles. The van der Waals surface area contributed by atoms with Gasteiger partial charge in [0.1, 0.15) is 12.1 Å². The van der Waals surface area contributed by atoms with E-state index in [9.17, 15) is 0 Å². The van der Waals surface area contributed by atoms with Crippen molar-refractivity contribution in [2.75, 3.05) is 7.11 Å². The van der Waals surface area contributed by atoms with Crippen LogP contribution in [-0.4, -0.2) is 12.1 Å². The summed E-state index contributed by atoms with van der Waals surface area (Å²) in [7, 11) is 1.76. The molecule has 4 nitrogen and oxygen atoms in total. The van der Waals surface area contributed by atoms with Crippen LogP contribution in [0.25, 0.3) is 78.0 Å². The number of aryl methyl sites for hydroxylation is 1. The fourth-order valence-electron chi connectivity index (χ4n) is 9.34. The monoisotopic (exact) mass is 695 g/mol. The maximum atomic E-state index is 6.10. The molecule has 0 radical (unpaired) electrons. The molecule has 2 aromatic heterocycles. The van der Waals surface area contributed by atoms with Crippen LogP contribution in [-0.2, 0) is 12.0 Å². The van der Waals surface area contributed by atoms with Crippen LogP contribution in [0.1, 0.15) is 29.2 Å². The van der Waals surface area contributed by atoms with Crippen molar-refractivity contribution in [2.24, 2.45) is 0 Å². The number of benzene rings is 7. The molecule has 9 aromatic rings. The van der Waals surface area contributed by atoms with Crippen molar-refractivity contribution < 1.29 is 13.7 Å². The van der Waals surface area contributed by atoms with Crippen LogP contribution in [0.2, 0.25) is 0 Å². The molecule has 4 heteroatoms. The predicted octanol–water partition coefficient (Wildman–Crippen LogP) is 11.6. The molecule has 0 saturated heterocycles. The lowest BCUT2D eigenvalue weighted by atomic mass is 9.70. The Morgan fingerprint density at radius 3 is 1.85 bits per heavy atom. The molecule has 0 N–H and O–H groups in total. The Hall–Kier alpha value is -6.78. The number of pyridine rings is 1. The highest BCUT2D eigenvalue weighted by molar-refractivity contribution is 6.00. The Balaban J connectivity index is 1.12. The Labute approximate surface area is 313 Å². The fourth-order valence-corrected chi connectivity index (χ4v) is 9.34. The Morgan fingerprint density at radius 1 is 0.556 bits per heavy atom. The number of para-hydroxylation sites is 2. The lowest BCUT2D eigenvalue weighted by Crippen LogP contribution is -2.32. The minimum absolute atomic E-state index is 0.479. The standard InChI is InChI=1S/C50H35N2O2/c1-3-52-28-10-13-40-35(26-27-47(53-2)48(40)52)34-23-25-39-37-12-5-7-15-42(37)50(44(39)30-34)41-14-6-4-11-36(41)38-24-22-33(29-43(38)50)31-18-20-32(21-19-31)49-51-45-16-8-9-17-46(45)54-49/h4-30H,3H2,1-2H3/q+1. The van der Waals surface area contributed by atoms with Gasteiger partial charge in [0.25, 0.3) is 5.52 Å². The summed E-state index contributed by atoms with van der Waals surface area (Å²) in [6.45, 7) is 3.03. The first-order valence-corrected chi connectivity index (χ1v) is 18.6. The number of rotatable bonds is 5. The summed E-state index contributed by atoms with van der Waals surface area (Å²) in [5, 5.41) is 1.18. The second-order valence-electron chi connectivity index (χ2n) is 14.3. The minimum atomic E-state index is -0.479. The van der Waals surface area contributed by atoms with Gasteiger partial charge in [-0.25, -0.2) is 4.98 Å². The summed E-state index contributed by atoms with van der Waals surface area (Å²) in [5.74, 6) is 1.52. The van der Waals surface area contributed by atoms with Crippen LogP contribution in [0.15, 0.2) is 168 Å². The second-order valence-corrected chi connectivity index (χ2v) is 14.3. The van der Waals surface area contributed by atoms with E-state index < -0.39 is 5.41 Å². The van der Waals surface area contributed by atoms with E-state index in [-0.39, 0.29) is 0 Å². The lowest BCUT2D eigenvalue weighted by Gasteiger charge is -2.31. The average molecular weight is 696 g/mol. The van der Waals surface area contributed by atoms with Gasteiger partial charge in [0, 0.05) is 11.6 Å². The molecule has 0 fully saturated rings. The molecule has 2 aliphatic rings. The third-order valence-corrected chi connectivity index (χ3v) is 11.7. The van der Waals surface area contributed by atoms with Crippen molar-refractivity contribution in [1.82, 2.24) is 4.98 Å². The van der Waals surface area contributed by atoms with Gasteiger partial charge in [0.05, 0.1) is 17.9 Å². The normalized spacial score (nSPS) is 15.0. The number of aromatic nitrogens is 2. The number of ether oxygens (including phenoxy) is 1. The van der Waals surface area contributed by atoms with Crippen LogP contribution in [0.4, 0.5) is 0 Å². The van der Waals surface area contributed by atoms with E-state index in [2.05, 4.69) is 151 Å². The van der Waals surface area contributed by atoms with E-state index in [0.717, 1.165) is 40.0 Å². The van der Waals surface area contributed by atoms with Gasteiger partial charge >= 0.3 is 0 Å². The lowest BCUT2D eigenvalue weighted by molar-refractivity contribution is -0.668. The number of methoxy groups -OCH3 is 1. The number of nitrogens with zero attached hydrogens (tertiary/aromatic N) is 2. The smallest absolute Gasteiger partial charge is 0.255 e. The Kier molecular flexibility index (Phi) is 6.62. The highest BCUT2D eigenvalue weighted by Gasteiger charge is 2.51. The zero-order valence-electron chi connectivity index (χ0n) is 30.0. The SMILES string of the molecule is CC[n+]1cccc2c(-c3ccc4c(c3)C3(c5ccccc5-c5ccc(-c6ccc(-c7nc8ccccc8o7)cc6)cc53)c3ccccc3-4)ccc(OC)c21. The topological polar surface area (TPSA) is 39.1 Å². The highest BCUT2D eigenvalue weighted by Crippen LogP contribution is 2.63. The summed E-state index contributed by atoms with van der Waals surface area (Å²) in [6, 6.07) is 57.4. The summed E-state index contributed by atoms with van der Waals surface area (Å²) < 4.78 is 14.3. The van der Waals surface area contributed by atoms with Gasteiger partial charge in [-0.15, -0.1) is 0 Å². The van der Waals surface area contributed by atoms with Crippen LogP contribution in [0.5, 0.6) is 5.75 Å². The van der Waals surface area contributed by atoms with E-state index in [1.807, 2.05) is 24.3 Å². The number of hydrogen-bond donors (Lipinski definition) is 0. The Morgan fingerprint density at radius 2 is 1.15 bits per heavy atom. The molecular formula is C50H35N2O2+. The molecule has 11 rings (SSSR count). The fraction of sp³-hybridized carbons (Fsp3) is 0.0800. The number of fused-ring (bicyclic) bond motifs is 12.